The van der Waals surface area contributed by atoms with Crippen molar-refractivity contribution in [2.75, 3.05) is 40.0 Å². The number of ether oxygens (including phenoxy) is 2. The first kappa shape index (κ1) is 13.9. The summed E-state index contributed by atoms with van der Waals surface area (Å²) in [5, 5.41) is 3.44. The lowest BCUT2D eigenvalue weighted by Gasteiger charge is -2.39. The molecule has 0 radical (unpaired) electrons. The molecule has 0 aromatic heterocycles. The predicted molar refractivity (Wildman–Crippen MR) is 65.8 cm³/mol. The van der Waals surface area contributed by atoms with Gasteiger partial charge in [0.15, 0.2) is 0 Å². The first-order valence-corrected chi connectivity index (χ1v) is 6.27. The first-order chi connectivity index (χ1) is 7.69. The molecule has 96 valence electrons. The second-order valence-electron chi connectivity index (χ2n) is 4.62. The molecule has 1 fully saturated rings. The highest BCUT2D eigenvalue weighted by Crippen LogP contribution is 2.12. The van der Waals surface area contributed by atoms with Gasteiger partial charge >= 0.3 is 0 Å². The average Bonchev–Trinajstić information content (AvgIpc) is 2.29. The molecule has 0 saturated carbocycles. The number of likely N-dealkylation sites (N-methyl/N-ethyl adjacent to an activating group) is 1. The van der Waals surface area contributed by atoms with Crippen LogP contribution in [0.1, 0.15) is 20.8 Å². The van der Waals surface area contributed by atoms with Crippen molar-refractivity contribution in [1.82, 2.24) is 10.2 Å². The SMILES string of the molecule is CCNC(COC)C1CN(C(C)C)CCO1. The largest absolute Gasteiger partial charge is 0.383 e. The fraction of sp³-hybridized carbons (Fsp3) is 1.00. The van der Waals surface area contributed by atoms with Crippen LogP contribution in [-0.2, 0) is 9.47 Å². The average molecular weight is 230 g/mol. The summed E-state index contributed by atoms with van der Waals surface area (Å²) in [6.45, 7) is 11.1. The lowest BCUT2D eigenvalue weighted by atomic mass is 10.1. The molecule has 0 aliphatic carbocycles. The van der Waals surface area contributed by atoms with Crippen LogP contribution in [-0.4, -0.2) is 63.0 Å². The first-order valence-electron chi connectivity index (χ1n) is 6.27. The Bertz CT molecular complexity index is 182. The van der Waals surface area contributed by atoms with Gasteiger partial charge in [-0.1, -0.05) is 6.92 Å². The van der Waals surface area contributed by atoms with E-state index in [-0.39, 0.29) is 6.10 Å². The molecule has 4 heteroatoms. The van der Waals surface area contributed by atoms with Gasteiger partial charge < -0.3 is 14.8 Å². The molecule has 0 aromatic rings. The van der Waals surface area contributed by atoms with Crippen molar-refractivity contribution in [2.24, 2.45) is 0 Å². The molecule has 1 heterocycles. The highest BCUT2D eigenvalue weighted by Gasteiger charge is 2.28. The number of rotatable bonds is 6. The summed E-state index contributed by atoms with van der Waals surface area (Å²) < 4.78 is 11.1. The summed E-state index contributed by atoms with van der Waals surface area (Å²) in [5.74, 6) is 0. The molecule has 1 aliphatic rings. The van der Waals surface area contributed by atoms with Crippen LogP contribution in [0.2, 0.25) is 0 Å². The number of methoxy groups -OCH3 is 1. The van der Waals surface area contributed by atoms with Crippen molar-refractivity contribution in [3.05, 3.63) is 0 Å². The third kappa shape index (κ3) is 4.01. The Morgan fingerprint density at radius 3 is 2.81 bits per heavy atom. The van der Waals surface area contributed by atoms with E-state index in [1.807, 2.05) is 0 Å². The Morgan fingerprint density at radius 1 is 1.50 bits per heavy atom. The second kappa shape index (κ2) is 7.22. The van der Waals surface area contributed by atoms with E-state index < -0.39 is 0 Å². The smallest absolute Gasteiger partial charge is 0.0877 e. The summed E-state index contributed by atoms with van der Waals surface area (Å²) in [6, 6.07) is 0.896. The lowest BCUT2D eigenvalue weighted by Crippen LogP contribution is -2.55. The van der Waals surface area contributed by atoms with Crippen LogP contribution in [0, 0.1) is 0 Å². The Morgan fingerprint density at radius 2 is 2.25 bits per heavy atom. The van der Waals surface area contributed by atoms with Crippen molar-refractivity contribution < 1.29 is 9.47 Å². The lowest BCUT2D eigenvalue weighted by molar-refractivity contribution is -0.0655. The third-order valence-corrected chi connectivity index (χ3v) is 3.12. The van der Waals surface area contributed by atoms with E-state index in [2.05, 4.69) is 31.0 Å². The van der Waals surface area contributed by atoms with E-state index in [9.17, 15) is 0 Å². The van der Waals surface area contributed by atoms with Crippen molar-refractivity contribution in [1.29, 1.82) is 0 Å². The van der Waals surface area contributed by atoms with Gasteiger partial charge in [0.1, 0.15) is 0 Å². The number of morpholine rings is 1. The minimum absolute atomic E-state index is 0.246. The normalized spacial score (nSPS) is 24.9. The Labute approximate surface area is 99.3 Å². The number of hydrogen-bond acceptors (Lipinski definition) is 4. The van der Waals surface area contributed by atoms with Gasteiger partial charge in [0.25, 0.3) is 0 Å². The minimum atomic E-state index is 0.246. The van der Waals surface area contributed by atoms with E-state index >= 15 is 0 Å². The van der Waals surface area contributed by atoms with Crippen LogP contribution >= 0.6 is 0 Å². The Kier molecular flexibility index (Phi) is 6.28. The minimum Gasteiger partial charge on any atom is -0.383 e. The highest BCUT2D eigenvalue weighted by molar-refractivity contribution is 4.83. The molecule has 0 amide bonds. The molecule has 16 heavy (non-hydrogen) atoms. The molecule has 1 N–H and O–H groups in total. The Balaban J connectivity index is 2.48. The van der Waals surface area contributed by atoms with E-state index in [1.54, 1.807) is 7.11 Å². The molecule has 1 aliphatic heterocycles. The van der Waals surface area contributed by atoms with Crippen molar-refractivity contribution >= 4 is 0 Å². The molecule has 1 rings (SSSR count). The van der Waals surface area contributed by atoms with E-state index in [0.717, 1.165) is 26.2 Å². The molecule has 1 saturated heterocycles. The van der Waals surface area contributed by atoms with Gasteiger partial charge in [-0.05, 0) is 20.4 Å². The van der Waals surface area contributed by atoms with Gasteiger partial charge in [0, 0.05) is 26.2 Å². The van der Waals surface area contributed by atoms with Crippen LogP contribution in [0.4, 0.5) is 0 Å². The van der Waals surface area contributed by atoms with E-state index in [4.69, 9.17) is 9.47 Å². The van der Waals surface area contributed by atoms with Crippen molar-refractivity contribution in [3.8, 4) is 0 Å². The molecule has 0 bridgehead atoms. The third-order valence-electron chi connectivity index (χ3n) is 3.12. The fourth-order valence-electron chi connectivity index (χ4n) is 2.15. The molecule has 4 nitrogen and oxygen atoms in total. The number of nitrogens with one attached hydrogen (secondary N) is 1. The molecular weight excluding hydrogens is 204 g/mol. The maximum Gasteiger partial charge on any atom is 0.0877 e. The number of nitrogens with zero attached hydrogens (tertiary/aromatic N) is 1. The van der Waals surface area contributed by atoms with Gasteiger partial charge in [-0.25, -0.2) is 0 Å². The number of hydrogen-bond donors (Lipinski definition) is 1. The molecule has 0 aromatic carbocycles. The monoisotopic (exact) mass is 230 g/mol. The van der Waals surface area contributed by atoms with Crippen molar-refractivity contribution in [3.63, 3.8) is 0 Å². The summed E-state index contributed by atoms with van der Waals surface area (Å²) in [7, 11) is 1.74. The van der Waals surface area contributed by atoms with Gasteiger partial charge in [0.05, 0.1) is 25.4 Å². The zero-order valence-corrected chi connectivity index (χ0v) is 11.0. The molecule has 2 atom stereocenters. The van der Waals surface area contributed by atoms with Gasteiger partial charge in [-0.15, -0.1) is 0 Å². The maximum absolute atomic E-state index is 5.84. The summed E-state index contributed by atoms with van der Waals surface area (Å²) >= 11 is 0. The zero-order chi connectivity index (χ0) is 12.0. The van der Waals surface area contributed by atoms with Crippen LogP contribution < -0.4 is 5.32 Å². The Hall–Kier alpha value is -0.160. The maximum atomic E-state index is 5.84. The molecule has 0 spiro atoms. The van der Waals surface area contributed by atoms with E-state index in [1.165, 1.54) is 0 Å². The van der Waals surface area contributed by atoms with Crippen LogP contribution in [0.5, 0.6) is 0 Å². The highest BCUT2D eigenvalue weighted by atomic mass is 16.5. The zero-order valence-electron chi connectivity index (χ0n) is 11.0. The van der Waals surface area contributed by atoms with Gasteiger partial charge in [-0.2, -0.15) is 0 Å². The van der Waals surface area contributed by atoms with Gasteiger partial charge in [0.2, 0.25) is 0 Å². The summed E-state index contributed by atoms with van der Waals surface area (Å²) in [4.78, 5) is 2.47. The molecular formula is C12H26N2O2. The second-order valence-corrected chi connectivity index (χ2v) is 4.62. The predicted octanol–water partition coefficient (Wildman–Crippen LogP) is 0.720. The van der Waals surface area contributed by atoms with Crippen LogP contribution in [0.3, 0.4) is 0 Å². The molecule has 2 unspecified atom stereocenters. The topological polar surface area (TPSA) is 33.7 Å². The van der Waals surface area contributed by atoms with Gasteiger partial charge in [-0.3, -0.25) is 4.90 Å². The quantitative estimate of drug-likeness (QED) is 0.729. The van der Waals surface area contributed by atoms with E-state index in [0.29, 0.717) is 18.7 Å². The van der Waals surface area contributed by atoms with Crippen LogP contribution in [0.15, 0.2) is 0 Å². The summed E-state index contributed by atoms with van der Waals surface area (Å²) in [5.41, 5.74) is 0. The van der Waals surface area contributed by atoms with Crippen molar-refractivity contribution in [2.45, 2.75) is 39.0 Å². The standard InChI is InChI=1S/C12H26N2O2/c1-5-13-11(9-15-4)12-8-14(10(2)3)6-7-16-12/h10-13H,5-9H2,1-4H3. The fourth-order valence-corrected chi connectivity index (χ4v) is 2.15. The summed E-state index contributed by atoms with van der Waals surface area (Å²) in [6.07, 6.45) is 0.246. The van der Waals surface area contributed by atoms with Crippen LogP contribution in [0.25, 0.3) is 0 Å².